The van der Waals surface area contributed by atoms with E-state index in [-0.39, 0.29) is 40.0 Å². The van der Waals surface area contributed by atoms with Crippen molar-refractivity contribution in [1.82, 2.24) is 0 Å². The second-order valence-electron chi connectivity index (χ2n) is 3.94. The third-order valence-electron chi connectivity index (χ3n) is 1.31. The van der Waals surface area contributed by atoms with E-state index in [2.05, 4.69) is 44.1 Å². The van der Waals surface area contributed by atoms with Crippen molar-refractivity contribution in [3.8, 4) is 11.5 Å². The van der Waals surface area contributed by atoms with Gasteiger partial charge in [-0.05, 0) is 6.42 Å². The average Bonchev–Trinajstić information content (AvgIpc) is 1.94. The average molecular weight is 284 g/mol. The maximum absolute atomic E-state index is 3.67. The fourth-order valence-electron chi connectivity index (χ4n) is 0.704. The SMILES string of the molecule is C=CCCC[CH-]C#C[Si](C)(C)C.[Br-].[Mg+2]. The van der Waals surface area contributed by atoms with Crippen LogP contribution in [0.5, 0.6) is 0 Å². The van der Waals surface area contributed by atoms with Crippen LogP contribution in [0.3, 0.4) is 0 Å². The molecule has 0 aliphatic carbocycles. The molecule has 3 heteroatoms. The topological polar surface area (TPSA) is 0 Å². The molecule has 0 aromatic rings. The van der Waals surface area contributed by atoms with E-state index >= 15 is 0 Å². The zero-order valence-electron chi connectivity index (χ0n) is 9.57. The summed E-state index contributed by atoms with van der Waals surface area (Å²) < 4.78 is 0. The molecule has 14 heavy (non-hydrogen) atoms. The minimum atomic E-state index is -1.14. The minimum Gasteiger partial charge on any atom is -1.00 e. The van der Waals surface area contributed by atoms with E-state index in [0.717, 1.165) is 12.8 Å². The Labute approximate surface area is 117 Å². The summed E-state index contributed by atoms with van der Waals surface area (Å²) >= 11 is 0. The summed E-state index contributed by atoms with van der Waals surface area (Å²) in [4.78, 5) is 0. The molecule has 0 nitrogen and oxygen atoms in total. The van der Waals surface area contributed by atoms with Crippen LogP contribution in [0.4, 0.5) is 0 Å². The summed E-state index contributed by atoms with van der Waals surface area (Å²) in [5.74, 6) is 3.14. The zero-order chi connectivity index (χ0) is 9.45. The number of allylic oxidation sites excluding steroid dienone is 1. The Hall–Kier alpha value is 0.633. The molecule has 0 aromatic carbocycles. The molecule has 0 aliphatic heterocycles. The first-order valence-corrected chi connectivity index (χ1v) is 8.01. The number of halogens is 1. The van der Waals surface area contributed by atoms with Crippen LogP contribution in [0.1, 0.15) is 19.3 Å². The Morgan fingerprint density at radius 1 is 1.36 bits per heavy atom. The molecule has 0 spiro atoms. The minimum absolute atomic E-state index is 0. The maximum atomic E-state index is 3.67. The Bertz CT molecular complexity index is 186. The van der Waals surface area contributed by atoms with Gasteiger partial charge in [0.2, 0.25) is 0 Å². The van der Waals surface area contributed by atoms with Gasteiger partial charge in [0.05, 0.1) is 0 Å². The van der Waals surface area contributed by atoms with Gasteiger partial charge in [0, 0.05) is 8.07 Å². The van der Waals surface area contributed by atoms with E-state index in [1.165, 1.54) is 6.42 Å². The first kappa shape index (κ1) is 20.1. The normalized spacial score (nSPS) is 8.50. The third kappa shape index (κ3) is 18.4. The summed E-state index contributed by atoms with van der Waals surface area (Å²) in [6, 6.07) is 0. The number of hydrogen-bond donors (Lipinski definition) is 0. The summed E-state index contributed by atoms with van der Waals surface area (Å²) in [5, 5.41) is 0. The fraction of sp³-hybridized carbons (Fsp3) is 0.545. The molecule has 0 fully saturated rings. The predicted octanol–water partition coefficient (Wildman–Crippen LogP) is 0.0510. The Morgan fingerprint density at radius 3 is 2.36 bits per heavy atom. The van der Waals surface area contributed by atoms with Gasteiger partial charge in [0.25, 0.3) is 0 Å². The fourth-order valence-corrected chi connectivity index (χ4v) is 1.24. The van der Waals surface area contributed by atoms with Gasteiger partial charge in [0.1, 0.15) is 0 Å². The molecule has 0 radical (unpaired) electrons. The van der Waals surface area contributed by atoms with Crippen molar-refractivity contribution in [2.45, 2.75) is 38.9 Å². The molecule has 0 amide bonds. The molecule has 0 aromatic heterocycles. The molecule has 0 saturated carbocycles. The van der Waals surface area contributed by atoms with E-state index in [4.69, 9.17) is 0 Å². The number of hydrogen-bond acceptors (Lipinski definition) is 0. The molecule has 0 saturated heterocycles. The third-order valence-corrected chi connectivity index (χ3v) is 2.20. The van der Waals surface area contributed by atoms with Gasteiger partial charge in [-0.25, -0.2) is 0 Å². The van der Waals surface area contributed by atoms with Gasteiger partial charge in [-0.15, -0.1) is 6.58 Å². The molecule has 76 valence electrons. The molecular weight excluding hydrogens is 264 g/mol. The first-order chi connectivity index (χ1) is 5.56. The van der Waals surface area contributed by atoms with E-state index < -0.39 is 8.07 Å². The first-order valence-electron chi connectivity index (χ1n) is 4.51. The van der Waals surface area contributed by atoms with Crippen molar-refractivity contribution in [3.05, 3.63) is 19.1 Å². The van der Waals surface area contributed by atoms with Crippen LogP contribution in [0, 0.1) is 17.9 Å². The molecular formula is C11H19BrMgSi. The molecule has 0 unspecified atom stereocenters. The van der Waals surface area contributed by atoms with Crippen molar-refractivity contribution in [1.29, 1.82) is 0 Å². The summed E-state index contributed by atoms with van der Waals surface area (Å²) in [7, 11) is -1.14. The zero-order valence-corrected chi connectivity index (χ0v) is 13.6. The van der Waals surface area contributed by atoms with E-state index in [1.54, 1.807) is 0 Å². The second kappa shape index (κ2) is 11.7. The monoisotopic (exact) mass is 282 g/mol. The van der Waals surface area contributed by atoms with Crippen molar-refractivity contribution in [3.63, 3.8) is 0 Å². The molecule has 0 bridgehead atoms. The van der Waals surface area contributed by atoms with Crippen molar-refractivity contribution >= 4 is 31.1 Å². The smallest absolute Gasteiger partial charge is 1.00 e. The molecule has 0 atom stereocenters. The predicted molar refractivity (Wildman–Crippen MR) is 65.2 cm³/mol. The van der Waals surface area contributed by atoms with Crippen molar-refractivity contribution in [2.24, 2.45) is 0 Å². The van der Waals surface area contributed by atoms with Gasteiger partial charge in [-0.1, -0.05) is 38.6 Å². The maximum Gasteiger partial charge on any atom is 2.00 e. The largest absolute Gasteiger partial charge is 2.00 e. The summed E-state index contributed by atoms with van der Waals surface area (Å²) in [6.07, 6.45) is 7.43. The second-order valence-corrected chi connectivity index (χ2v) is 8.69. The van der Waals surface area contributed by atoms with Gasteiger partial charge in [-0.3, -0.25) is 5.92 Å². The van der Waals surface area contributed by atoms with Crippen LogP contribution < -0.4 is 17.0 Å². The Morgan fingerprint density at radius 2 is 1.93 bits per heavy atom. The summed E-state index contributed by atoms with van der Waals surface area (Å²) in [5.41, 5.74) is 3.31. The molecule has 0 N–H and O–H groups in total. The van der Waals surface area contributed by atoms with Crippen LogP contribution in [0.25, 0.3) is 0 Å². The number of unbranched alkanes of at least 4 members (excludes halogenated alkanes) is 3. The molecule has 0 aliphatic rings. The van der Waals surface area contributed by atoms with Gasteiger partial charge >= 0.3 is 23.1 Å². The van der Waals surface area contributed by atoms with Crippen LogP contribution in [-0.2, 0) is 0 Å². The number of rotatable bonds is 4. The van der Waals surface area contributed by atoms with Gasteiger partial charge in [-0.2, -0.15) is 6.42 Å². The molecule has 0 rings (SSSR count). The van der Waals surface area contributed by atoms with Crippen molar-refractivity contribution in [2.75, 3.05) is 0 Å². The van der Waals surface area contributed by atoms with E-state index in [9.17, 15) is 0 Å². The summed E-state index contributed by atoms with van der Waals surface area (Å²) in [6.45, 7) is 10.5. The van der Waals surface area contributed by atoms with Crippen LogP contribution in [-0.4, -0.2) is 31.1 Å². The van der Waals surface area contributed by atoms with Gasteiger partial charge < -0.3 is 22.5 Å². The van der Waals surface area contributed by atoms with Crippen LogP contribution >= 0.6 is 0 Å². The van der Waals surface area contributed by atoms with E-state index in [0.29, 0.717) is 0 Å². The van der Waals surface area contributed by atoms with Crippen LogP contribution in [0.2, 0.25) is 19.6 Å². The Balaban J connectivity index is -0.000000605. The quantitative estimate of drug-likeness (QED) is 0.225. The van der Waals surface area contributed by atoms with Crippen molar-refractivity contribution < 1.29 is 17.0 Å². The molecule has 0 heterocycles. The van der Waals surface area contributed by atoms with Crippen LogP contribution in [0.15, 0.2) is 12.7 Å². The van der Waals surface area contributed by atoms with Gasteiger partial charge in [0.15, 0.2) is 0 Å². The van der Waals surface area contributed by atoms with E-state index in [1.807, 2.05) is 6.08 Å². The standard InChI is InChI=1S/C11H19Si.BrH.Mg/c1-5-6-7-8-9-10-11-12(2,3)4;;/h5,9H,1,6-8H2,2-4H3;1H;/q-1;;+2/p-1. The Kier molecular flexibility index (Phi) is 16.8.